The van der Waals surface area contributed by atoms with Crippen LogP contribution in [-0.4, -0.2) is 0 Å². The van der Waals surface area contributed by atoms with Gasteiger partial charge in [0.1, 0.15) is 5.82 Å². The second-order valence-corrected chi connectivity index (χ2v) is 5.23. The summed E-state index contributed by atoms with van der Waals surface area (Å²) in [6.45, 7) is 0. The molecule has 0 aromatic heterocycles. The zero-order valence-corrected chi connectivity index (χ0v) is 11.2. The third-order valence-electron chi connectivity index (χ3n) is 3.54. The summed E-state index contributed by atoms with van der Waals surface area (Å²) in [5, 5.41) is 0.160. The van der Waals surface area contributed by atoms with Crippen molar-refractivity contribution in [2.75, 3.05) is 0 Å². The highest BCUT2D eigenvalue weighted by Gasteiger charge is 2.17. The molecule has 1 unspecified atom stereocenters. The highest BCUT2D eigenvalue weighted by molar-refractivity contribution is 6.31. The van der Waals surface area contributed by atoms with E-state index in [0.717, 1.165) is 19.3 Å². The summed E-state index contributed by atoms with van der Waals surface area (Å²) in [6, 6.07) is 4.58. The van der Waals surface area contributed by atoms with Crippen molar-refractivity contribution in [3.8, 4) is 0 Å². The Balaban J connectivity index is 2.23. The van der Waals surface area contributed by atoms with Gasteiger partial charge in [0.05, 0.1) is 11.1 Å². The molecule has 2 N–H and O–H groups in total. The zero-order valence-electron chi connectivity index (χ0n) is 10.5. The Hall–Kier alpha value is -0.860. The summed E-state index contributed by atoms with van der Waals surface area (Å²) in [6.07, 6.45) is 9.19. The lowest BCUT2D eigenvalue weighted by molar-refractivity contribution is 0.598. The lowest BCUT2D eigenvalue weighted by Gasteiger charge is -2.20. The van der Waals surface area contributed by atoms with E-state index in [1.807, 2.05) is 6.07 Å². The highest BCUT2D eigenvalue weighted by Crippen LogP contribution is 2.32. The molecule has 0 fully saturated rings. The molecular formula is C15H19ClFN. The van der Waals surface area contributed by atoms with Crippen LogP contribution in [0.3, 0.4) is 0 Å². The van der Waals surface area contributed by atoms with Crippen LogP contribution in [0.4, 0.5) is 4.39 Å². The summed E-state index contributed by atoms with van der Waals surface area (Å²) in [7, 11) is 0. The van der Waals surface area contributed by atoms with E-state index in [4.69, 9.17) is 17.3 Å². The smallest absolute Gasteiger partial charge is 0.142 e. The highest BCUT2D eigenvalue weighted by atomic mass is 35.5. The molecule has 1 aliphatic rings. The van der Waals surface area contributed by atoms with Crippen molar-refractivity contribution in [3.63, 3.8) is 0 Å². The van der Waals surface area contributed by atoms with Crippen molar-refractivity contribution in [2.45, 2.75) is 44.6 Å². The van der Waals surface area contributed by atoms with E-state index in [9.17, 15) is 4.39 Å². The number of nitrogens with two attached hydrogens (primary N) is 1. The first-order valence-electron chi connectivity index (χ1n) is 6.58. The third kappa shape index (κ3) is 3.12. The summed E-state index contributed by atoms with van der Waals surface area (Å²) in [4.78, 5) is 0. The fourth-order valence-corrected chi connectivity index (χ4v) is 2.70. The largest absolute Gasteiger partial charge is 0.320 e. The molecule has 0 radical (unpaired) electrons. The fourth-order valence-electron chi connectivity index (χ4n) is 2.46. The number of hydrogen-bond donors (Lipinski definition) is 1. The van der Waals surface area contributed by atoms with Crippen LogP contribution in [0.5, 0.6) is 0 Å². The molecule has 1 aromatic carbocycles. The maximum Gasteiger partial charge on any atom is 0.142 e. The topological polar surface area (TPSA) is 26.0 Å². The molecule has 0 amide bonds. The molecule has 1 aromatic rings. The fraction of sp³-hybridized carbons (Fsp3) is 0.467. The van der Waals surface area contributed by atoms with Gasteiger partial charge < -0.3 is 5.73 Å². The van der Waals surface area contributed by atoms with Gasteiger partial charge in [0.15, 0.2) is 0 Å². The predicted octanol–water partition coefficient (Wildman–Crippen LogP) is 4.76. The van der Waals surface area contributed by atoms with Crippen molar-refractivity contribution >= 4 is 11.6 Å². The van der Waals surface area contributed by atoms with Gasteiger partial charge in [-0.25, -0.2) is 4.39 Å². The van der Waals surface area contributed by atoms with E-state index < -0.39 is 5.82 Å². The first kappa shape index (κ1) is 13.6. The average Bonchev–Trinajstić information content (AvgIpc) is 2.31. The van der Waals surface area contributed by atoms with E-state index in [1.165, 1.54) is 30.9 Å². The SMILES string of the molecule is NC(/C1=C/CCCCCC1)c1cccc(F)c1Cl. The summed E-state index contributed by atoms with van der Waals surface area (Å²) >= 11 is 6.00. The molecule has 3 heteroatoms. The molecule has 1 nitrogen and oxygen atoms in total. The monoisotopic (exact) mass is 267 g/mol. The Morgan fingerprint density at radius 3 is 2.78 bits per heavy atom. The van der Waals surface area contributed by atoms with Crippen molar-refractivity contribution in [1.82, 2.24) is 0 Å². The molecule has 0 saturated carbocycles. The van der Waals surface area contributed by atoms with Crippen molar-refractivity contribution in [1.29, 1.82) is 0 Å². The van der Waals surface area contributed by atoms with Gasteiger partial charge in [-0.2, -0.15) is 0 Å². The number of halogens is 2. The Morgan fingerprint density at radius 2 is 1.94 bits per heavy atom. The Morgan fingerprint density at radius 1 is 1.17 bits per heavy atom. The molecule has 1 aliphatic carbocycles. The molecule has 0 saturated heterocycles. The lowest BCUT2D eigenvalue weighted by atomic mass is 9.91. The van der Waals surface area contributed by atoms with Crippen molar-refractivity contribution in [2.24, 2.45) is 5.73 Å². The molecule has 98 valence electrons. The standard InChI is InChI=1S/C15H19ClFN/c16-14-12(9-6-10-13(14)17)15(18)11-7-4-2-1-3-5-8-11/h6-7,9-10,15H,1-5,8,18H2/b11-7+. The van der Waals surface area contributed by atoms with Gasteiger partial charge >= 0.3 is 0 Å². The third-order valence-corrected chi connectivity index (χ3v) is 3.94. The minimum Gasteiger partial charge on any atom is -0.320 e. The number of allylic oxidation sites excluding steroid dienone is 1. The zero-order chi connectivity index (χ0) is 13.0. The van der Waals surface area contributed by atoms with Crippen LogP contribution < -0.4 is 5.73 Å². The Kier molecular flexibility index (Phi) is 4.79. The van der Waals surface area contributed by atoms with Crippen LogP contribution in [0.2, 0.25) is 5.02 Å². The van der Waals surface area contributed by atoms with Crippen LogP contribution in [0.15, 0.2) is 29.8 Å². The summed E-state index contributed by atoms with van der Waals surface area (Å²) < 4.78 is 13.4. The number of hydrogen-bond acceptors (Lipinski definition) is 1. The van der Waals surface area contributed by atoms with E-state index in [0.29, 0.717) is 5.56 Å². The van der Waals surface area contributed by atoms with Crippen molar-refractivity contribution in [3.05, 3.63) is 46.3 Å². The van der Waals surface area contributed by atoms with Gasteiger partial charge in [0, 0.05) is 0 Å². The second-order valence-electron chi connectivity index (χ2n) is 4.85. The van der Waals surface area contributed by atoms with Crippen LogP contribution in [0.1, 0.15) is 50.1 Å². The normalized spacial score (nSPS) is 21.6. The summed E-state index contributed by atoms with van der Waals surface area (Å²) in [5.74, 6) is -0.393. The van der Waals surface area contributed by atoms with Crippen LogP contribution in [0, 0.1) is 5.82 Å². The van der Waals surface area contributed by atoms with Gasteiger partial charge in [-0.1, -0.05) is 48.2 Å². The van der Waals surface area contributed by atoms with E-state index in [-0.39, 0.29) is 11.1 Å². The minimum absolute atomic E-state index is 0.160. The average molecular weight is 268 g/mol. The van der Waals surface area contributed by atoms with Crippen LogP contribution >= 0.6 is 11.6 Å². The van der Waals surface area contributed by atoms with Gasteiger partial charge in [-0.15, -0.1) is 0 Å². The number of benzene rings is 1. The Bertz CT molecular complexity index is 442. The molecule has 0 spiro atoms. The van der Waals surface area contributed by atoms with Gasteiger partial charge in [0.25, 0.3) is 0 Å². The van der Waals surface area contributed by atoms with E-state index >= 15 is 0 Å². The maximum atomic E-state index is 13.4. The van der Waals surface area contributed by atoms with E-state index in [2.05, 4.69) is 6.08 Å². The number of rotatable bonds is 2. The molecule has 0 heterocycles. The Labute approximate surface area is 113 Å². The minimum atomic E-state index is -0.393. The van der Waals surface area contributed by atoms with Gasteiger partial charge in [-0.05, 0) is 37.3 Å². The van der Waals surface area contributed by atoms with E-state index in [1.54, 1.807) is 6.07 Å². The molecule has 1 atom stereocenters. The maximum absolute atomic E-state index is 13.4. The first-order valence-corrected chi connectivity index (χ1v) is 6.96. The molecule has 18 heavy (non-hydrogen) atoms. The van der Waals surface area contributed by atoms with Crippen LogP contribution in [-0.2, 0) is 0 Å². The quantitative estimate of drug-likeness (QED) is 0.768. The van der Waals surface area contributed by atoms with Gasteiger partial charge in [0.2, 0.25) is 0 Å². The molecule has 2 rings (SSSR count). The summed E-state index contributed by atoms with van der Waals surface area (Å²) in [5.41, 5.74) is 8.13. The van der Waals surface area contributed by atoms with Crippen LogP contribution in [0.25, 0.3) is 0 Å². The molecule has 0 bridgehead atoms. The molecular weight excluding hydrogens is 249 g/mol. The van der Waals surface area contributed by atoms with Crippen molar-refractivity contribution < 1.29 is 4.39 Å². The molecule has 0 aliphatic heterocycles. The van der Waals surface area contributed by atoms with Gasteiger partial charge in [-0.3, -0.25) is 0 Å². The second kappa shape index (κ2) is 6.35. The lowest BCUT2D eigenvalue weighted by Crippen LogP contribution is -2.15. The predicted molar refractivity (Wildman–Crippen MR) is 74.1 cm³/mol. The first-order chi connectivity index (χ1) is 8.70.